The molecule has 0 spiro atoms. The molecule has 0 radical (unpaired) electrons. The van der Waals surface area contributed by atoms with E-state index < -0.39 is 17.3 Å². The fourth-order valence-electron chi connectivity index (χ4n) is 6.24. The second kappa shape index (κ2) is 6.36. The average Bonchev–Trinajstić information content (AvgIpc) is 3.04. The first kappa shape index (κ1) is 18.9. The van der Waals surface area contributed by atoms with Gasteiger partial charge in [0.25, 0.3) is 0 Å². The Kier molecular flexibility index (Phi) is 3.88. The third kappa shape index (κ3) is 2.17. The van der Waals surface area contributed by atoms with Gasteiger partial charge in [-0.2, -0.15) is 0 Å². The number of carbonyl (C=O) groups is 3. The van der Waals surface area contributed by atoms with Crippen molar-refractivity contribution in [3.8, 4) is 0 Å². The molecule has 1 aliphatic heterocycles. The van der Waals surface area contributed by atoms with Crippen molar-refractivity contribution in [2.45, 2.75) is 18.3 Å². The monoisotopic (exact) mass is 519 g/mol. The molecule has 0 N–H and O–H groups in total. The Hall–Kier alpha value is -2.80. The maximum absolute atomic E-state index is 13.9. The summed E-state index contributed by atoms with van der Waals surface area (Å²) in [4.78, 5) is 42.6. The van der Waals surface area contributed by atoms with Gasteiger partial charge in [-0.05, 0) is 70.0 Å². The summed E-state index contributed by atoms with van der Waals surface area (Å²) in [6, 6.07) is 23.1. The van der Waals surface area contributed by atoms with Gasteiger partial charge >= 0.3 is 0 Å². The SMILES string of the molecule is CC(=O)C12c3ccccc3C(c3ccccc31)[C@H]1C(=O)N(c3cccc(I)c3)C(=O)[C@H]12. The number of benzene rings is 3. The summed E-state index contributed by atoms with van der Waals surface area (Å²) in [5.74, 6) is -2.13. The Morgan fingerprint density at radius 2 is 1.48 bits per heavy atom. The first-order valence-electron chi connectivity index (χ1n) is 10.3. The van der Waals surface area contributed by atoms with Crippen molar-refractivity contribution in [3.05, 3.63) is 98.6 Å². The number of halogens is 1. The van der Waals surface area contributed by atoms with Gasteiger partial charge in [-0.3, -0.25) is 14.4 Å². The normalized spacial score (nSPS) is 27.7. The minimum Gasteiger partial charge on any atom is -0.299 e. The minimum atomic E-state index is -1.14. The molecule has 0 aromatic heterocycles. The lowest BCUT2D eigenvalue weighted by Crippen LogP contribution is -2.57. The number of ketones is 1. The molecule has 1 fully saturated rings. The molecule has 0 saturated carbocycles. The first-order valence-corrected chi connectivity index (χ1v) is 11.4. The van der Waals surface area contributed by atoms with Crippen LogP contribution in [0, 0.1) is 15.4 Å². The van der Waals surface area contributed by atoms with E-state index >= 15 is 0 Å². The van der Waals surface area contributed by atoms with Crippen molar-refractivity contribution < 1.29 is 14.4 Å². The Bertz CT molecular complexity index is 1270. The van der Waals surface area contributed by atoms with Crippen LogP contribution in [0.1, 0.15) is 35.1 Å². The van der Waals surface area contributed by atoms with Crippen LogP contribution in [0.4, 0.5) is 5.69 Å². The smallest absolute Gasteiger partial charge is 0.239 e. The Morgan fingerprint density at radius 1 is 0.871 bits per heavy atom. The van der Waals surface area contributed by atoms with Gasteiger partial charge in [0.05, 0.1) is 22.9 Å². The highest BCUT2D eigenvalue weighted by molar-refractivity contribution is 14.1. The molecule has 1 heterocycles. The van der Waals surface area contributed by atoms with Crippen molar-refractivity contribution in [2.75, 3.05) is 4.90 Å². The molecule has 4 nitrogen and oxygen atoms in total. The summed E-state index contributed by atoms with van der Waals surface area (Å²) < 4.78 is 0.946. The minimum absolute atomic E-state index is 0.0915. The van der Waals surface area contributed by atoms with Gasteiger partial charge in [-0.1, -0.05) is 54.6 Å². The third-order valence-corrected chi connectivity index (χ3v) is 7.91. The summed E-state index contributed by atoms with van der Waals surface area (Å²) in [5, 5.41) is 0. The van der Waals surface area contributed by atoms with E-state index in [0.29, 0.717) is 5.69 Å². The summed E-state index contributed by atoms with van der Waals surface area (Å²) in [5.41, 5.74) is 3.15. The van der Waals surface area contributed by atoms with Crippen molar-refractivity contribution in [3.63, 3.8) is 0 Å². The number of carbonyl (C=O) groups excluding carboxylic acids is 3. The zero-order valence-corrected chi connectivity index (χ0v) is 18.9. The van der Waals surface area contributed by atoms with Gasteiger partial charge in [0.15, 0.2) is 0 Å². The molecule has 2 amide bonds. The molecule has 4 aliphatic rings. The van der Waals surface area contributed by atoms with Crippen molar-refractivity contribution >= 4 is 45.9 Å². The Morgan fingerprint density at radius 3 is 2.06 bits per heavy atom. The van der Waals surface area contributed by atoms with E-state index in [9.17, 15) is 14.4 Å². The zero-order chi connectivity index (χ0) is 21.5. The molecule has 3 aromatic carbocycles. The van der Waals surface area contributed by atoms with Gasteiger partial charge in [0.2, 0.25) is 11.8 Å². The number of anilines is 1. The molecule has 31 heavy (non-hydrogen) atoms. The molecule has 0 unspecified atom stereocenters. The average molecular weight is 519 g/mol. The molecule has 3 aliphatic carbocycles. The molecule has 5 heteroatoms. The van der Waals surface area contributed by atoms with Crippen LogP contribution >= 0.6 is 22.6 Å². The van der Waals surface area contributed by atoms with Gasteiger partial charge in [-0.25, -0.2) is 4.90 Å². The van der Waals surface area contributed by atoms with Crippen molar-refractivity contribution in [2.24, 2.45) is 11.8 Å². The van der Waals surface area contributed by atoms with Crippen LogP contribution in [0.15, 0.2) is 72.8 Å². The molecule has 2 atom stereocenters. The predicted octanol–water partition coefficient (Wildman–Crippen LogP) is 4.43. The largest absolute Gasteiger partial charge is 0.299 e. The van der Waals surface area contributed by atoms with Gasteiger partial charge in [0.1, 0.15) is 5.78 Å². The van der Waals surface area contributed by atoms with E-state index in [1.54, 1.807) is 13.0 Å². The highest BCUT2D eigenvalue weighted by Gasteiger charge is 2.69. The van der Waals surface area contributed by atoms with E-state index in [1.165, 1.54) is 4.90 Å². The van der Waals surface area contributed by atoms with Crippen LogP contribution in [0.3, 0.4) is 0 Å². The van der Waals surface area contributed by atoms with Crippen LogP contribution in [0.25, 0.3) is 0 Å². The van der Waals surface area contributed by atoms with Gasteiger partial charge in [-0.15, -0.1) is 0 Å². The number of rotatable bonds is 2. The number of amides is 2. The number of Topliss-reactive ketones (excluding diaryl/α,β-unsaturated/α-hetero) is 1. The van der Waals surface area contributed by atoms with Gasteiger partial charge < -0.3 is 0 Å². The number of nitrogens with zero attached hydrogens (tertiary/aromatic N) is 1. The van der Waals surface area contributed by atoms with Crippen LogP contribution in [0.5, 0.6) is 0 Å². The fourth-order valence-corrected chi connectivity index (χ4v) is 6.77. The lowest BCUT2D eigenvalue weighted by molar-refractivity contribution is -0.132. The maximum atomic E-state index is 13.9. The quantitative estimate of drug-likeness (QED) is 0.372. The molecule has 7 rings (SSSR count). The zero-order valence-electron chi connectivity index (χ0n) is 16.7. The molecular formula is C26H18INO3. The standard InChI is InChI=1S/C26H18INO3/c1-14(29)26-19-11-4-2-9-17(19)21(18-10-3-5-12-20(18)26)22-23(26)25(31)28(24(22)30)16-8-6-7-15(27)13-16/h2-13,21-23H,1H3/t21?,22-,23+,26?/m1/s1. The summed E-state index contributed by atoms with van der Waals surface area (Å²) >= 11 is 2.18. The van der Waals surface area contributed by atoms with Crippen LogP contribution in [0.2, 0.25) is 0 Å². The first-order chi connectivity index (χ1) is 15.0. The summed E-state index contributed by atoms with van der Waals surface area (Å²) in [6.07, 6.45) is 0. The topological polar surface area (TPSA) is 54.5 Å². The number of imide groups is 1. The van der Waals surface area contributed by atoms with E-state index in [1.807, 2.05) is 66.7 Å². The van der Waals surface area contributed by atoms with E-state index in [4.69, 9.17) is 0 Å². The van der Waals surface area contributed by atoms with Crippen molar-refractivity contribution in [1.82, 2.24) is 0 Å². The van der Waals surface area contributed by atoms with Crippen LogP contribution in [-0.4, -0.2) is 17.6 Å². The maximum Gasteiger partial charge on any atom is 0.239 e. The predicted molar refractivity (Wildman–Crippen MR) is 125 cm³/mol. The van der Waals surface area contributed by atoms with Crippen LogP contribution < -0.4 is 4.90 Å². The molecule has 3 aromatic rings. The Labute approximate surface area is 193 Å². The summed E-state index contributed by atoms with van der Waals surface area (Å²) in [7, 11) is 0. The second-order valence-electron chi connectivity index (χ2n) is 8.51. The van der Waals surface area contributed by atoms with Gasteiger partial charge in [0, 0.05) is 9.49 Å². The number of hydrogen-bond donors (Lipinski definition) is 0. The fraction of sp³-hybridized carbons (Fsp3) is 0.192. The third-order valence-electron chi connectivity index (χ3n) is 7.24. The highest BCUT2D eigenvalue weighted by atomic mass is 127. The second-order valence-corrected chi connectivity index (χ2v) is 9.76. The van der Waals surface area contributed by atoms with E-state index in [2.05, 4.69) is 22.6 Å². The molecule has 1 saturated heterocycles. The number of hydrogen-bond acceptors (Lipinski definition) is 3. The lowest BCUT2D eigenvalue weighted by Gasteiger charge is -2.52. The molecule has 152 valence electrons. The molecule has 2 bridgehead atoms. The van der Waals surface area contributed by atoms with Crippen LogP contribution in [-0.2, 0) is 19.8 Å². The van der Waals surface area contributed by atoms with E-state index in [0.717, 1.165) is 25.8 Å². The molecular weight excluding hydrogens is 501 g/mol. The summed E-state index contributed by atoms with van der Waals surface area (Å²) in [6.45, 7) is 1.56. The Balaban J connectivity index is 1.68. The highest BCUT2D eigenvalue weighted by Crippen LogP contribution is 2.64. The van der Waals surface area contributed by atoms with E-state index in [-0.39, 0.29) is 23.5 Å². The lowest BCUT2D eigenvalue weighted by atomic mass is 9.46. The van der Waals surface area contributed by atoms with Crippen molar-refractivity contribution in [1.29, 1.82) is 0 Å².